The predicted molar refractivity (Wildman–Crippen MR) is 107 cm³/mol. The highest BCUT2D eigenvalue weighted by molar-refractivity contribution is 5.95. The lowest BCUT2D eigenvalue weighted by molar-refractivity contribution is 0.0955. The van der Waals surface area contributed by atoms with Gasteiger partial charge < -0.3 is 14.6 Å². The van der Waals surface area contributed by atoms with Gasteiger partial charge in [-0.2, -0.15) is 5.10 Å². The summed E-state index contributed by atoms with van der Waals surface area (Å²) in [6.07, 6.45) is 1.52. The Balaban J connectivity index is 1.65. The Morgan fingerprint density at radius 1 is 1.04 bits per heavy atom. The van der Waals surface area contributed by atoms with Crippen molar-refractivity contribution in [3.63, 3.8) is 0 Å². The molecule has 3 aromatic rings. The Labute approximate surface area is 163 Å². The van der Waals surface area contributed by atoms with Crippen LogP contribution in [0.2, 0.25) is 0 Å². The first kappa shape index (κ1) is 19.0. The summed E-state index contributed by atoms with van der Waals surface area (Å²) in [7, 11) is 1.58. The van der Waals surface area contributed by atoms with Gasteiger partial charge in [0, 0.05) is 5.56 Å². The van der Waals surface area contributed by atoms with E-state index < -0.39 is 0 Å². The molecule has 0 unspecified atom stereocenters. The molecule has 0 radical (unpaired) electrons. The van der Waals surface area contributed by atoms with Crippen LogP contribution in [0.4, 0.5) is 0 Å². The fourth-order valence-corrected chi connectivity index (χ4v) is 2.46. The lowest BCUT2D eigenvalue weighted by Gasteiger charge is -2.11. The number of aromatic hydroxyl groups is 1. The van der Waals surface area contributed by atoms with E-state index in [2.05, 4.69) is 10.5 Å². The number of rotatable bonds is 7. The quantitative estimate of drug-likeness (QED) is 0.486. The Hall–Kier alpha value is -3.80. The number of nitrogens with zero attached hydrogens (tertiary/aromatic N) is 1. The minimum absolute atomic E-state index is 0.0984. The highest BCUT2D eigenvalue weighted by atomic mass is 16.5. The summed E-state index contributed by atoms with van der Waals surface area (Å²) in [6, 6.07) is 21.1. The van der Waals surface area contributed by atoms with E-state index in [1.165, 1.54) is 30.5 Å². The first-order valence-corrected chi connectivity index (χ1v) is 8.63. The summed E-state index contributed by atoms with van der Waals surface area (Å²) in [5.41, 5.74) is 4.64. The van der Waals surface area contributed by atoms with Gasteiger partial charge in [0.15, 0.2) is 11.5 Å². The molecule has 6 heteroatoms. The van der Waals surface area contributed by atoms with Crippen molar-refractivity contribution in [1.82, 2.24) is 5.43 Å². The summed E-state index contributed by atoms with van der Waals surface area (Å²) >= 11 is 0. The van der Waals surface area contributed by atoms with Crippen molar-refractivity contribution < 1.29 is 19.4 Å². The van der Waals surface area contributed by atoms with Gasteiger partial charge in [0.25, 0.3) is 5.91 Å². The molecule has 2 N–H and O–H groups in total. The van der Waals surface area contributed by atoms with Gasteiger partial charge in [-0.1, -0.05) is 30.3 Å². The summed E-state index contributed by atoms with van der Waals surface area (Å²) in [6.45, 7) is 0.412. The molecule has 0 fully saturated rings. The van der Waals surface area contributed by atoms with Crippen LogP contribution < -0.4 is 14.9 Å². The van der Waals surface area contributed by atoms with E-state index in [0.717, 1.165) is 11.1 Å². The Morgan fingerprint density at radius 3 is 2.50 bits per heavy atom. The standard InChI is InChI=1S/C22H20N2O4/c1-27-20-12-7-17(13-21(20)28-15-16-5-3-2-4-6-16)14-23-24-22(26)18-8-10-19(25)11-9-18/h2-14,25H,15H2,1H3,(H,24,26)/b23-14+. The maximum atomic E-state index is 12.0. The number of methoxy groups -OCH3 is 1. The van der Waals surface area contributed by atoms with Gasteiger partial charge in [-0.3, -0.25) is 4.79 Å². The fraction of sp³-hybridized carbons (Fsp3) is 0.0909. The molecule has 0 aliphatic carbocycles. The molecule has 0 spiro atoms. The van der Waals surface area contributed by atoms with Gasteiger partial charge in [0.2, 0.25) is 0 Å². The molecule has 28 heavy (non-hydrogen) atoms. The summed E-state index contributed by atoms with van der Waals surface area (Å²) < 4.78 is 11.2. The highest BCUT2D eigenvalue weighted by Gasteiger charge is 2.07. The maximum absolute atomic E-state index is 12.0. The third-order valence-electron chi connectivity index (χ3n) is 3.93. The van der Waals surface area contributed by atoms with Gasteiger partial charge in [-0.15, -0.1) is 0 Å². The highest BCUT2D eigenvalue weighted by Crippen LogP contribution is 2.28. The molecule has 0 saturated heterocycles. The van der Waals surface area contributed by atoms with Crippen LogP contribution in [0.5, 0.6) is 17.2 Å². The van der Waals surface area contributed by atoms with E-state index in [1.807, 2.05) is 36.4 Å². The number of phenolic OH excluding ortho intramolecular Hbond substituents is 1. The molecule has 0 saturated carbocycles. The number of benzene rings is 3. The van der Waals surface area contributed by atoms with Crippen molar-refractivity contribution in [2.24, 2.45) is 5.10 Å². The van der Waals surface area contributed by atoms with Gasteiger partial charge in [0.1, 0.15) is 12.4 Å². The van der Waals surface area contributed by atoms with Crippen molar-refractivity contribution in [2.45, 2.75) is 6.61 Å². The number of carbonyl (C=O) groups excluding carboxylic acids is 1. The van der Waals surface area contributed by atoms with Gasteiger partial charge >= 0.3 is 0 Å². The number of carbonyl (C=O) groups is 1. The average molecular weight is 376 g/mol. The van der Waals surface area contributed by atoms with Crippen molar-refractivity contribution in [2.75, 3.05) is 7.11 Å². The normalized spacial score (nSPS) is 10.6. The molecule has 1 amide bonds. The number of phenols is 1. The minimum atomic E-state index is -0.370. The SMILES string of the molecule is COc1ccc(/C=N/NC(=O)c2ccc(O)cc2)cc1OCc1ccccc1. The second-order valence-electron chi connectivity index (χ2n) is 5.93. The largest absolute Gasteiger partial charge is 0.508 e. The number of ether oxygens (including phenoxy) is 2. The first-order chi connectivity index (χ1) is 13.7. The molecule has 142 valence electrons. The summed E-state index contributed by atoms with van der Waals surface area (Å²) in [4.78, 5) is 12.0. The predicted octanol–water partition coefficient (Wildman–Crippen LogP) is 3.74. The van der Waals surface area contributed by atoms with Crippen molar-refractivity contribution in [3.8, 4) is 17.2 Å². The van der Waals surface area contributed by atoms with Crippen molar-refractivity contribution in [3.05, 3.63) is 89.5 Å². The summed E-state index contributed by atoms with van der Waals surface area (Å²) in [5.74, 6) is 0.924. The van der Waals surface area contributed by atoms with E-state index in [4.69, 9.17) is 9.47 Å². The topological polar surface area (TPSA) is 80.2 Å². The van der Waals surface area contributed by atoms with Crippen LogP contribution in [-0.4, -0.2) is 24.3 Å². The molecule has 3 rings (SSSR count). The fourth-order valence-electron chi connectivity index (χ4n) is 2.46. The van der Waals surface area contributed by atoms with Crippen LogP contribution in [0.25, 0.3) is 0 Å². The third kappa shape index (κ3) is 5.11. The molecule has 0 bridgehead atoms. The number of hydrogen-bond acceptors (Lipinski definition) is 5. The van der Waals surface area contributed by atoms with Gasteiger partial charge in [-0.05, 0) is 53.6 Å². The van der Waals surface area contributed by atoms with Crippen LogP contribution in [0.15, 0.2) is 77.9 Å². The van der Waals surface area contributed by atoms with E-state index in [-0.39, 0.29) is 11.7 Å². The molecular weight excluding hydrogens is 356 g/mol. The summed E-state index contributed by atoms with van der Waals surface area (Å²) in [5, 5.41) is 13.2. The van der Waals surface area contributed by atoms with E-state index in [0.29, 0.717) is 23.7 Å². The molecular formula is C22H20N2O4. The van der Waals surface area contributed by atoms with Crippen LogP contribution in [0.1, 0.15) is 21.5 Å². The lowest BCUT2D eigenvalue weighted by Crippen LogP contribution is -2.17. The minimum Gasteiger partial charge on any atom is -0.508 e. The average Bonchev–Trinajstić information content (AvgIpc) is 2.73. The first-order valence-electron chi connectivity index (χ1n) is 8.63. The Morgan fingerprint density at radius 2 is 1.79 bits per heavy atom. The molecule has 6 nitrogen and oxygen atoms in total. The third-order valence-corrected chi connectivity index (χ3v) is 3.93. The molecule has 0 aliphatic rings. The molecule has 0 heterocycles. The zero-order chi connectivity index (χ0) is 19.8. The van der Waals surface area contributed by atoms with Crippen molar-refractivity contribution in [1.29, 1.82) is 0 Å². The Bertz CT molecular complexity index is 954. The molecule has 0 aliphatic heterocycles. The van der Waals surface area contributed by atoms with Crippen LogP contribution in [0, 0.1) is 0 Å². The zero-order valence-corrected chi connectivity index (χ0v) is 15.3. The van der Waals surface area contributed by atoms with Crippen molar-refractivity contribution >= 4 is 12.1 Å². The van der Waals surface area contributed by atoms with Gasteiger partial charge in [-0.25, -0.2) is 5.43 Å². The van der Waals surface area contributed by atoms with E-state index in [1.54, 1.807) is 19.2 Å². The monoisotopic (exact) mass is 376 g/mol. The second-order valence-corrected chi connectivity index (χ2v) is 5.93. The second kappa shape index (κ2) is 9.23. The zero-order valence-electron chi connectivity index (χ0n) is 15.3. The van der Waals surface area contributed by atoms with E-state index >= 15 is 0 Å². The number of hydrogen-bond donors (Lipinski definition) is 2. The maximum Gasteiger partial charge on any atom is 0.271 e. The lowest BCUT2D eigenvalue weighted by atomic mass is 10.2. The van der Waals surface area contributed by atoms with E-state index in [9.17, 15) is 9.90 Å². The van der Waals surface area contributed by atoms with Crippen LogP contribution >= 0.6 is 0 Å². The van der Waals surface area contributed by atoms with Gasteiger partial charge in [0.05, 0.1) is 13.3 Å². The van der Waals surface area contributed by atoms with Crippen LogP contribution in [0.3, 0.4) is 0 Å². The smallest absolute Gasteiger partial charge is 0.271 e. The number of hydrazone groups is 1. The molecule has 0 atom stereocenters. The van der Waals surface area contributed by atoms with Crippen LogP contribution in [-0.2, 0) is 6.61 Å². The number of nitrogens with one attached hydrogen (secondary N) is 1. The Kier molecular flexibility index (Phi) is 6.25. The molecule has 0 aromatic heterocycles. The molecule has 3 aromatic carbocycles. The number of amides is 1.